The lowest BCUT2D eigenvalue weighted by Gasteiger charge is -2.24. The number of nitrogens with one attached hydrogen (secondary N) is 2. The van der Waals surface area contributed by atoms with E-state index in [2.05, 4.69) is 10.6 Å². The highest BCUT2D eigenvalue weighted by molar-refractivity contribution is 6.12. The summed E-state index contributed by atoms with van der Waals surface area (Å²) in [4.78, 5) is 64.2. The molecule has 0 aromatic heterocycles. The maximum Gasteiger partial charge on any atom is 0.253 e. The summed E-state index contributed by atoms with van der Waals surface area (Å²) >= 11 is 0. The van der Waals surface area contributed by atoms with E-state index in [-0.39, 0.29) is 48.5 Å². The fourth-order valence-corrected chi connectivity index (χ4v) is 4.32. The third kappa shape index (κ3) is 10.6. The van der Waals surface area contributed by atoms with Crippen molar-refractivity contribution < 1.29 is 33.4 Å². The van der Waals surface area contributed by atoms with Crippen LogP contribution in [0.2, 0.25) is 0 Å². The van der Waals surface area contributed by atoms with Crippen LogP contribution in [0.3, 0.4) is 0 Å². The first-order valence-corrected chi connectivity index (χ1v) is 13.0. The molecule has 2 aliphatic heterocycles. The van der Waals surface area contributed by atoms with Gasteiger partial charge in [-0.05, 0) is 38.6 Å². The first-order valence-electron chi connectivity index (χ1n) is 13.0. The summed E-state index contributed by atoms with van der Waals surface area (Å²) in [5.74, 6) is -1.17. The number of rotatable bonds is 18. The van der Waals surface area contributed by atoms with Gasteiger partial charge in [0.15, 0.2) is 0 Å². The largest absolute Gasteiger partial charge is 0.382 e. The normalized spacial score (nSPS) is 19.1. The summed E-state index contributed by atoms with van der Waals surface area (Å²) in [6.45, 7) is 2.64. The van der Waals surface area contributed by atoms with Crippen molar-refractivity contribution in [3.63, 3.8) is 0 Å². The molecule has 0 bridgehead atoms. The lowest BCUT2D eigenvalue weighted by Crippen LogP contribution is -2.46. The average Bonchev–Trinajstić information content (AvgIpc) is 3.44. The molecule has 4 N–H and O–H groups in total. The quantitative estimate of drug-likeness (QED) is 0.160. The Morgan fingerprint density at radius 1 is 1.00 bits per heavy atom. The Kier molecular flexibility index (Phi) is 13.8. The van der Waals surface area contributed by atoms with Crippen LogP contribution in [0.15, 0.2) is 12.2 Å². The van der Waals surface area contributed by atoms with Crippen LogP contribution in [0.1, 0.15) is 51.4 Å². The molecule has 2 unspecified atom stereocenters. The molecule has 12 nitrogen and oxygen atoms in total. The molecule has 2 heterocycles. The fourth-order valence-electron chi connectivity index (χ4n) is 4.32. The number of nitrogens with zero attached hydrogens (tertiary/aromatic N) is 2. The van der Waals surface area contributed by atoms with Crippen molar-refractivity contribution in [3.8, 4) is 0 Å². The van der Waals surface area contributed by atoms with E-state index >= 15 is 0 Å². The van der Waals surface area contributed by atoms with Crippen molar-refractivity contribution in [2.24, 2.45) is 5.73 Å². The first kappa shape index (κ1) is 30.4. The molecular weight excluding hydrogens is 482 g/mol. The van der Waals surface area contributed by atoms with Crippen molar-refractivity contribution in [1.82, 2.24) is 20.4 Å². The minimum atomic E-state index is -0.674. The molecular formula is C25H41N5O7. The molecule has 0 aliphatic carbocycles. The summed E-state index contributed by atoms with van der Waals surface area (Å²) in [7, 11) is 1.58. The molecule has 0 saturated carbocycles. The van der Waals surface area contributed by atoms with Crippen LogP contribution in [-0.4, -0.2) is 105 Å². The number of likely N-dealkylation sites (tertiary alicyclic amines) is 1. The smallest absolute Gasteiger partial charge is 0.253 e. The Bertz CT molecular complexity index is 801. The highest BCUT2D eigenvalue weighted by atomic mass is 16.5. The Balaban J connectivity index is 1.83. The van der Waals surface area contributed by atoms with E-state index in [1.54, 1.807) is 12.0 Å². The summed E-state index contributed by atoms with van der Waals surface area (Å²) < 4.78 is 10.3. The number of ether oxygens (including phenoxy) is 2. The average molecular weight is 524 g/mol. The van der Waals surface area contributed by atoms with E-state index in [1.807, 2.05) is 0 Å². The van der Waals surface area contributed by atoms with Crippen LogP contribution in [0, 0.1) is 0 Å². The topological polar surface area (TPSA) is 160 Å². The van der Waals surface area contributed by atoms with Gasteiger partial charge in [-0.25, -0.2) is 0 Å². The molecule has 0 aromatic carbocycles. The number of imide groups is 1. The number of unbranched alkanes of at least 4 members (excludes halogenated alkanes) is 3. The van der Waals surface area contributed by atoms with Gasteiger partial charge in [-0.15, -0.1) is 0 Å². The zero-order valence-corrected chi connectivity index (χ0v) is 21.7. The number of carbonyl (C=O) groups excluding carboxylic acids is 5. The molecule has 5 amide bonds. The van der Waals surface area contributed by atoms with Crippen molar-refractivity contribution in [2.75, 3.05) is 53.1 Å². The molecule has 2 rings (SSSR count). The van der Waals surface area contributed by atoms with Crippen LogP contribution in [-0.2, 0) is 33.4 Å². The highest BCUT2D eigenvalue weighted by Gasteiger charge is 2.39. The third-order valence-electron chi connectivity index (χ3n) is 6.30. The van der Waals surface area contributed by atoms with Gasteiger partial charge in [0.05, 0.1) is 19.8 Å². The van der Waals surface area contributed by atoms with Gasteiger partial charge in [0.25, 0.3) is 11.8 Å². The monoisotopic (exact) mass is 523 g/mol. The van der Waals surface area contributed by atoms with Gasteiger partial charge in [-0.3, -0.25) is 28.9 Å². The van der Waals surface area contributed by atoms with E-state index in [9.17, 15) is 24.0 Å². The maximum absolute atomic E-state index is 13.0. The summed E-state index contributed by atoms with van der Waals surface area (Å²) in [5.41, 5.74) is 5.49. The molecule has 2 atom stereocenters. The second-order valence-electron chi connectivity index (χ2n) is 9.18. The minimum absolute atomic E-state index is 0.112. The second kappa shape index (κ2) is 16.8. The molecule has 1 fully saturated rings. The molecule has 0 spiro atoms. The Morgan fingerprint density at radius 3 is 2.43 bits per heavy atom. The van der Waals surface area contributed by atoms with Crippen molar-refractivity contribution >= 4 is 29.5 Å². The number of amides is 5. The Morgan fingerprint density at radius 2 is 1.73 bits per heavy atom. The molecule has 2 aliphatic rings. The van der Waals surface area contributed by atoms with Gasteiger partial charge in [0.1, 0.15) is 6.04 Å². The standard InChI is InChI=1S/C25H41N5O7/c1-36-15-16-37-14-12-27-25(35)20-17-19(28-21(31)7-4-5-11-26)18-30(20)22(32)8-3-2-6-13-29-23(33)9-10-24(29)34/h9-10,19-20H,2-8,11-18,26H2,1H3,(H,27,35)(H,28,31). The van der Waals surface area contributed by atoms with Crippen molar-refractivity contribution in [1.29, 1.82) is 0 Å². The van der Waals surface area contributed by atoms with E-state index in [0.717, 1.165) is 6.42 Å². The first-order chi connectivity index (χ1) is 17.9. The van der Waals surface area contributed by atoms with E-state index < -0.39 is 6.04 Å². The summed E-state index contributed by atoms with van der Waals surface area (Å²) in [6.07, 6.45) is 6.72. The van der Waals surface area contributed by atoms with Crippen molar-refractivity contribution in [3.05, 3.63) is 12.2 Å². The Hall–Kier alpha value is -2.83. The van der Waals surface area contributed by atoms with Gasteiger partial charge < -0.3 is 30.7 Å². The second-order valence-corrected chi connectivity index (χ2v) is 9.18. The van der Waals surface area contributed by atoms with E-state index in [0.29, 0.717) is 78.0 Å². The van der Waals surface area contributed by atoms with Gasteiger partial charge in [0, 0.05) is 57.8 Å². The van der Waals surface area contributed by atoms with Crippen LogP contribution in [0.25, 0.3) is 0 Å². The van der Waals surface area contributed by atoms with Crippen LogP contribution < -0.4 is 16.4 Å². The van der Waals surface area contributed by atoms with Crippen LogP contribution >= 0.6 is 0 Å². The SMILES string of the molecule is COCCOCCNC(=O)C1CC(NC(=O)CCCCN)CN1C(=O)CCCCCN1C(=O)C=CC1=O. The zero-order valence-electron chi connectivity index (χ0n) is 21.7. The molecule has 1 saturated heterocycles. The van der Waals surface area contributed by atoms with Crippen molar-refractivity contribution in [2.45, 2.75) is 63.5 Å². The van der Waals surface area contributed by atoms with Gasteiger partial charge in [-0.2, -0.15) is 0 Å². The molecule has 0 aromatic rings. The predicted molar refractivity (Wildman–Crippen MR) is 135 cm³/mol. The number of hydrogen-bond acceptors (Lipinski definition) is 8. The van der Waals surface area contributed by atoms with Gasteiger partial charge in [0.2, 0.25) is 17.7 Å². The lowest BCUT2D eigenvalue weighted by molar-refractivity contribution is -0.138. The lowest BCUT2D eigenvalue weighted by atomic mass is 10.1. The third-order valence-corrected chi connectivity index (χ3v) is 6.30. The Labute approximate surface area is 218 Å². The summed E-state index contributed by atoms with van der Waals surface area (Å²) in [6, 6.07) is -0.977. The fraction of sp³-hybridized carbons (Fsp3) is 0.720. The molecule has 37 heavy (non-hydrogen) atoms. The summed E-state index contributed by atoms with van der Waals surface area (Å²) in [5, 5.41) is 5.76. The van der Waals surface area contributed by atoms with E-state index in [4.69, 9.17) is 15.2 Å². The van der Waals surface area contributed by atoms with Crippen LogP contribution in [0.4, 0.5) is 0 Å². The highest BCUT2D eigenvalue weighted by Crippen LogP contribution is 2.21. The number of methoxy groups -OCH3 is 1. The molecule has 0 radical (unpaired) electrons. The number of carbonyl (C=O) groups is 5. The molecule has 12 heteroatoms. The van der Waals surface area contributed by atoms with Crippen LogP contribution in [0.5, 0.6) is 0 Å². The maximum atomic E-state index is 13.0. The number of nitrogens with two attached hydrogens (primary N) is 1. The molecule has 208 valence electrons. The van der Waals surface area contributed by atoms with Gasteiger partial charge in [-0.1, -0.05) is 6.42 Å². The predicted octanol–water partition coefficient (Wildman–Crippen LogP) is -0.534. The van der Waals surface area contributed by atoms with E-state index in [1.165, 1.54) is 17.1 Å². The number of hydrogen-bond donors (Lipinski definition) is 3. The van der Waals surface area contributed by atoms with Gasteiger partial charge >= 0.3 is 0 Å². The minimum Gasteiger partial charge on any atom is -0.382 e. The zero-order chi connectivity index (χ0) is 27.0.